The first-order chi connectivity index (χ1) is 9.07. The molecule has 2 N–H and O–H groups in total. The lowest BCUT2D eigenvalue weighted by atomic mass is 10.2. The number of sulfonamides is 1. The zero-order valence-corrected chi connectivity index (χ0v) is 12.6. The molecule has 4 nitrogen and oxygen atoms in total. The number of nitrogens with one attached hydrogen (secondary N) is 2. The van der Waals surface area contributed by atoms with Gasteiger partial charge in [-0.05, 0) is 37.1 Å². The third-order valence-corrected chi connectivity index (χ3v) is 4.10. The summed E-state index contributed by atoms with van der Waals surface area (Å²) in [6, 6.07) is 7.53. The van der Waals surface area contributed by atoms with Gasteiger partial charge < -0.3 is 5.32 Å². The zero-order chi connectivity index (χ0) is 14.1. The molecule has 0 spiro atoms. The van der Waals surface area contributed by atoms with Crippen molar-refractivity contribution in [3.8, 4) is 0 Å². The summed E-state index contributed by atoms with van der Waals surface area (Å²) in [5.74, 6) is 0.182. The summed E-state index contributed by atoms with van der Waals surface area (Å²) in [5, 5.41) is 3.30. The molecule has 0 radical (unpaired) electrons. The number of hydrogen-bond donors (Lipinski definition) is 2. The van der Waals surface area contributed by atoms with Crippen LogP contribution in [-0.4, -0.2) is 20.7 Å². The fourth-order valence-corrected chi connectivity index (χ4v) is 2.98. The van der Waals surface area contributed by atoms with Crippen LogP contribution in [0.2, 0.25) is 0 Å². The van der Waals surface area contributed by atoms with E-state index < -0.39 is 10.0 Å². The smallest absolute Gasteiger partial charge is 0.232 e. The second-order valence-electron chi connectivity index (χ2n) is 4.65. The average Bonchev–Trinajstić information content (AvgIpc) is 2.37. The molecule has 0 aromatic heterocycles. The Morgan fingerprint density at radius 1 is 1.16 bits per heavy atom. The van der Waals surface area contributed by atoms with Gasteiger partial charge in [0.25, 0.3) is 0 Å². The molecule has 0 saturated carbocycles. The van der Waals surface area contributed by atoms with Crippen molar-refractivity contribution >= 4 is 15.7 Å². The van der Waals surface area contributed by atoms with Crippen molar-refractivity contribution in [3.05, 3.63) is 29.8 Å². The van der Waals surface area contributed by atoms with Gasteiger partial charge >= 0.3 is 0 Å². The van der Waals surface area contributed by atoms with Gasteiger partial charge in [0.2, 0.25) is 10.0 Å². The molecule has 0 aliphatic carbocycles. The molecule has 1 rings (SSSR count). The fourth-order valence-electron chi connectivity index (χ4n) is 1.72. The van der Waals surface area contributed by atoms with Crippen molar-refractivity contribution in [2.24, 2.45) is 0 Å². The van der Waals surface area contributed by atoms with Crippen molar-refractivity contribution in [2.45, 2.75) is 39.7 Å². The van der Waals surface area contributed by atoms with Crippen LogP contribution < -0.4 is 10.0 Å². The van der Waals surface area contributed by atoms with Gasteiger partial charge in [-0.25, -0.2) is 8.42 Å². The van der Waals surface area contributed by atoms with Crippen molar-refractivity contribution in [1.82, 2.24) is 5.32 Å². The lowest BCUT2D eigenvalue weighted by Gasteiger charge is -2.09. The zero-order valence-electron chi connectivity index (χ0n) is 11.8. The average molecular weight is 284 g/mol. The minimum atomic E-state index is -3.21. The standard InChI is InChI=1S/C14H24N2O2S/c1-3-5-10-19(17,18)16-14-8-6-7-13(11-14)12-15-9-4-2/h6-8,11,15-16H,3-5,9-10,12H2,1-2H3. The maximum atomic E-state index is 11.8. The second-order valence-corrected chi connectivity index (χ2v) is 6.49. The quantitative estimate of drug-likeness (QED) is 0.686. The Labute approximate surface area is 116 Å². The van der Waals surface area contributed by atoms with Crippen LogP contribution in [0.1, 0.15) is 38.7 Å². The number of hydrogen-bond acceptors (Lipinski definition) is 3. The molecule has 19 heavy (non-hydrogen) atoms. The molecule has 0 amide bonds. The highest BCUT2D eigenvalue weighted by atomic mass is 32.2. The highest BCUT2D eigenvalue weighted by molar-refractivity contribution is 7.92. The van der Waals surface area contributed by atoms with E-state index in [0.29, 0.717) is 12.1 Å². The lowest BCUT2D eigenvalue weighted by Crippen LogP contribution is -2.17. The van der Waals surface area contributed by atoms with Crippen LogP contribution in [0.3, 0.4) is 0 Å². The minimum Gasteiger partial charge on any atom is -0.313 e. The first-order valence-electron chi connectivity index (χ1n) is 6.87. The summed E-state index contributed by atoms with van der Waals surface area (Å²) in [7, 11) is -3.21. The summed E-state index contributed by atoms with van der Waals surface area (Å²) >= 11 is 0. The van der Waals surface area contributed by atoms with Crippen LogP contribution in [0.5, 0.6) is 0 Å². The summed E-state index contributed by atoms with van der Waals surface area (Å²) in [6.07, 6.45) is 2.65. The molecule has 0 heterocycles. The van der Waals surface area contributed by atoms with Crippen LogP contribution in [0.25, 0.3) is 0 Å². The first-order valence-corrected chi connectivity index (χ1v) is 8.52. The van der Waals surface area contributed by atoms with Gasteiger partial charge in [-0.15, -0.1) is 0 Å². The molecule has 0 aliphatic rings. The van der Waals surface area contributed by atoms with E-state index in [-0.39, 0.29) is 5.75 Å². The Bertz CT molecular complexity index is 472. The third kappa shape index (κ3) is 6.59. The Morgan fingerprint density at radius 2 is 1.95 bits per heavy atom. The molecule has 0 saturated heterocycles. The van der Waals surface area contributed by atoms with E-state index in [9.17, 15) is 8.42 Å². The topological polar surface area (TPSA) is 58.2 Å². The van der Waals surface area contributed by atoms with E-state index >= 15 is 0 Å². The van der Waals surface area contributed by atoms with Crippen molar-refractivity contribution in [3.63, 3.8) is 0 Å². The Morgan fingerprint density at radius 3 is 2.63 bits per heavy atom. The van der Waals surface area contributed by atoms with Gasteiger partial charge in [-0.1, -0.05) is 32.4 Å². The highest BCUT2D eigenvalue weighted by Crippen LogP contribution is 2.13. The van der Waals surface area contributed by atoms with E-state index in [1.807, 2.05) is 25.1 Å². The van der Waals surface area contributed by atoms with E-state index in [1.54, 1.807) is 6.07 Å². The van der Waals surface area contributed by atoms with Crippen LogP contribution in [0.4, 0.5) is 5.69 Å². The van der Waals surface area contributed by atoms with Gasteiger partial charge in [0.05, 0.1) is 5.75 Å². The van der Waals surface area contributed by atoms with Gasteiger partial charge in [0.1, 0.15) is 0 Å². The lowest BCUT2D eigenvalue weighted by molar-refractivity contribution is 0.598. The van der Waals surface area contributed by atoms with Gasteiger partial charge in [-0.2, -0.15) is 0 Å². The fraction of sp³-hybridized carbons (Fsp3) is 0.571. The number of anilines is 1. The van der Waals surface area contributed by atoms with Crippen molar-refractivity contribution in [2.75, 3.05) is 17.0 Å². The van der Waals surface area contributed by atoms with Crippen LogP contribution >= 0.6 is 0 Å². The number of benzene rings is 1. The van der Waals surface area contributed by atoms with Crippen LogP contribution in [-0.2, 0) is 16.6 Å². The predicted octanol–water partition coefficient (Wildman–Crippen LogP) is 2.73. The Kier molecular flexibility index (Phi) is 6.87. The molecule has 1 aromatic carbocycles. The van der Waals surface area contributed by atoms with E-state index in [4.69, 9.17) is 0 Å². The molecule has 108 valence electrons. The monoisotopic (exact) mass is 284 g/mol. The molecule has 1 aromatic rings. The van der Waals surface area contributed by atoms with Gasteiger partial charge in [0, 0.05) is 12.2 Å². The normalized spacial score (nSPS) is 11.5. The molecule has 0 aliphatic heterocycles. The Hall–Kier alpha value is -1.07. The second kappa shape index (κ2) is 8.17. The third-order valence-electron chi connectivity index (χ3n) is 2.72. The molecule has 0 fully saturated rings. The Balaban J connectivity index is 2.61. The van der Waals surface area contributed by atoms with E-state index in [1.165, 1.54) is 0 Å². The summed E-state index contributed by atoms with van der Waals surface area (Å²) < 4.78 is 26.2. The van der Waals surface area contributed by atoms with E-state index in [2.05, 4.69) is 17.0 Å². The molecule has 0 atom stereocenters. The van der Waals surface area contributed by atoms with Gasteiger partial charge in [0.15, 0.2) is 0 Å². The molecule has 0 bridgehead atoms. The summed E-state index contributed by atoms with van der Waals surface area (Å²) in [4.78, 5) is 0. The maximum Gasteiger partial charge on any atom is 0.232 e. The summed E-state index contributed by atoms with van der Waals surface area (Å²) in [5.41, 5.74) is 1.73. The van der Waals surface area contributed by atoms with Crippen molar-refractivity contribution < 1.29 is 8.42 Å². The number of unbranched alkanes of at least 4 members (excludes halogenated alkanes) is 1. The molecular formula is C14H24N2O2S. The van der Waals surface area contributed by atoms with Crippen LogP contribution in [0, 0.1) is 0 Å². The molecule has 0 unspecified atom stereocenters. The predicted molar refractivity (Wildman–Crippen MR) is 80.8 cm³/mol. The minimum absolute atomic E-state index is 0.182. The van der Waals surface area contributed by atoms with E-state index in [0.717, 1.165) is 31.5 Å². The summed E-state index contributed by atoms with van der Waals surface area (Å²) in [6.45, 7) is 5.83. The maximum absolute atomic E-state index is 11.8. The van der Waals surface area contributed by atoms with Crippen LogP contribution in [0.15, 0.2) is 24.3 Å². The number of rotatable bonds is 9. The molecule has 5 heteroatoms. The van der Waals surface area contributed by atoms with Crippen molar-refractivity contribution in [1.29, 1.82) is 0 Å². The van der Waals surface area contributed by atoms with Gasteiger partial charge in [-0.3, -0.25) is 4.72 Å². The largest absolute Gasteiger partial charge is 0.313 e. The first kappa shape index (κ1) is 16.0. The highest BCUT2D eigenvalue weighted by Gasteiger charge is 2.09. The molecular weight excluding hydrogens is 260 g/mol. The SMILES string of the molecule is CCCCS(=O)(=O)Nc1cccc(CNCCC)c1.